The monoisotopic (exact) mass is 281 g/mol. The van der Waals surface area contributed by atoms with E-state index in [-0.39, 0.29) is 0 Å². The van der Waals surface area contributed by atoms with E-state index in [4.69, 9.17) is 10.2 Å². The maximum atomic E-state index is 11.4. The number of carboxylic acid groups (broad SMARTS) is 1. The average molecular weight is 281 g/mol. The van der Waals surface area contributed by atoms with Gasteiger partial charge in [-0.25, -0.2) is 4.79 Å². The summed E-state index contributed by atoms with van der Waals surface area (Å²) < 4.78 is 10.6. The van der Waals surface area contributed by atoms with Gasteiger partial charge in [-0.05, 0) is 0 Å². The Morgan fingerprint density at radius 3 is 2.28 bits per heavy atom. The molecule has 0 spiro atoms. The van der Waals surface area contributed by atoms with Gasteiger partial charge in [-0.1, -0.05) is 18.4 Å². The number of amides is 1. The van der Waals surface area contributed by atoms with Crippen LogP contribution in [0.4, 0.5) is 0 Å². The highest BCUT2D eigenvalue weighted by molar-refractivity contribution is 7.38. The van der Waals surface area contributed by atoms with Crippen molar-refractivity contribution < 1.29 is 34.4 Å². The van der Waals surface area contributed by atoms with Gasteiger partial charge in [0, 0.05) is 5.41 Å². The van der Waals surface area contributed by atoms with Gasteiger partial charge in [0.1, 0.15) is 6.10 Å². The predicted molar refractivity (Wildman–Crippen MR) is 58.9 cm³/mol. The van der Waals surface area contributed by atoms with E-state index in [9.17, 15) is 24.2 Å². The summed E-state index contributed by atoms with van der Waals surface area (Å²) >= 11 is 0. The summed E-state index contributed by atoms with van der Waals surface area (Å²) in [6, 6.07) is 0. The maximum Gasteiger partial charge on any atom is 0.357 e. The largest absolute Gasteiger partial charge is 0.595 e. The molecule has 3 atom stereocenters. The Morgan fingerprint density at radius 2 is 1.94 bits per heavy atom. The van der Waals surface area contributed by atoms with Crippen molar-refractivity contribution in [3.8, 4) is 0 Å². The first kappa shape index (κ1) is 16.9. The first-order chi connectivity index (χ1) is 8.13. The van der Waals surface area contributed by atoms with Crippen LogP contribution in [-0.4, -0.2) is 52.1 Å². The maximum absolute atomic E-state index is 11.4. The normalized spacial score (nSPS) is 15.7. The van der Waals surface area contributed by atoms with Gasteiger partial charge in [0.2, 0.25) is 5.91 Å². The predicted octanol–water partition coefficient (Wildman–Crippen LogP) is -1.96. The molecule has 4 N–H and O–H groups in total. The highest BCUT2D eigenvalue weighted by Crippen LogP contribution is 2.20. The first-order valence-electron chi connectivity index (χ1n) is 5.06. The van der Waals surface area contributed by atoms with Crippen LogP contribution in [0.5, 0.6) is 0 Å². The zero-order valence-corrected chi connectivity index (χ0v) is 10.9. The standard InChI is InChI=1S/C9H16NO7P/c1-9(2,4-11)6(12)7(13)10-3-5(8(14)15)18(16)17/h5-6,11-12H,3-4H2,1-2H3,(H,10,13)(H,14,15)/t5?,6-/m0/s1. The Hall–Kier alpha value is -1.08. The molecule has 0 aliphatic carbocycles. The van der Waals surface area contributed by atoms with Crippen LogP contribution in [0.15, 0.2) is 0 Å². The van der Waals surface area contributed by atoms with Crippen molar-refractivity contribution >= 4 is 19.9 Å². The summed E-state index contributed by atoms with van der Waals surface area (Å²) in [6.45, 7) is 1.77. The third-order valence-electron chi connectivity index (χ3n) is 2.41. The smallest absolute Gasteiger partial charge is 0.357 e. The second-order valence-corrected chi connectivity index (χ2v) is 5.63. The Kier molecular flexibility index (Phi) is 6.34. The molecule has 0 bridgehead atoms. The summed E-state index contributed by atoms with van der Waals surface area (Å²) in [7, 11) is -3.23. The molecule has 104 valence electrons. The van der Waals surface area contributed by atoms with Crippen LogP contribution < -0.4 is 10.2 Å². The van der Waals surface area contributed by atoms with Gasteiger partial charge < -0.3 is 25.5 Å². The fraction of sp³-hybridized carbons (Fsp3) is 0.778. The fourth-order valence-corrected chi connectivity index (χ4v) is 1.41. The SMILES string of the molecule is CC(C)(CO)[C@@H](O)C(=O)NCC(C(=O)O)[P+](=O)[O-]. The lowest BCUT2D eigenvalue weighted by Gasteiger charge is -2.27. The highest BCUT2D eigenvalue weighted by atomic mass is 31.1. The minimum atomic E-state index is -3.23. The molecule has 0 aromatic rings. The quantitative estimate of drug-likeness (QED) is 0.396. The molecule has 8 nitrogen and oxygen atoms in total. The van der Waals surface area contributed by atoms with Gasteiger partial charge in [0.15, 0.2) is 0 Å². The molecule has 0 heterocycles. The van der Waals surface area contributed by atoms with Gasteiger partial charge in [-0.3, -0.25) is 4.79 Å². The number of aliphatic hydroxyl groups excluding tert-OH is 2. The molecule has 9 heteroatoms. The summed E-state index contributed by atoms with van der Waals surface area (Å²) in [5.41, 5.74) is -2.85. The number of carbonyl (C=O) groups is 2. The van der Waals surface area contributed by atoms with Crippen molar-refractivity contribution in [2.75, 3.05) is 13.2 Å². The number of rotatable bonds is 7. The number of aliphatic hydroxyl groups is 2. The number of carbonyl (C=O) groups excluding carboxylic acids is 1. The van der Waals surface area contributed by atoms with Crippen LogP contribution in [0.2, 0.25) is 0 Å². The van der Waals surface area contributed by atoms with E-state index in [0.29, 0.717) is 0 Å². The Labute approximate surface area is 105 Å². The third-order valence-corrected chi connectivity index (χ3v) is 3.32. The Balaban J connectivity index is 4.50. The van der Waals surface area contributed by atoms with Gasteiger partial charge in [0.25, 0.3) is 5.66 Å². The van der Waals surface area contributed by atoms with Crippen LogP contribution in [0.3, 0.4) is 0 Å². The van der Waals surface area contributed by atoms with E-state index < -0.39 is 50.2 Å². The molecule has 0 rings (SSSR count). The summed E-state index contributed by atoms with van der Waals surface area (Å²) in [4.78, 5) is 32.6. The number of carboxylic acids is 1. The summed E-state index contributed by atoms with van der Waals surface area (Å²) in [6.07, 6.45) is -1.57. The zero-order chi connectivity index (χ0) is 14.5. The van der Waals surface area contributed by atoms with Crippen molar-refractivity contribution in [3.63, 3.8) is 0 Å². The number of hydrogen-bond acceptors (Lipinski definition) is 6. The van der Waals surface area contributed by atoms with Crippen LogP contribution >= 0.6 is 8.03 Å². The third kappa shape index (κ3) is 4.66. The Morgan fingerprint density at radius 1 is 1.44 bits per heavy atom. The molecule has 0 aromatic heterocycles. The molecule has 0 radical (unpaired) electrons. The first-order valence-corrected chi connectivity index (χ1v) is 6.31. The van der Waals surface area contributed by atoms with Crippen molar-refractivity contribution in [1.29, 1.82) is 0 Å². The minimum absolute atomic E-state index is 0.459. The lowest BCUT2D eigenvalue weighted by atomic mass is 9.87. The van der Waals surface area contributed by atoms with Crippen LogP contribution in [0.1, 0.15) is 13.8 Å². The Bertz CT molecular complexity index is 330. The highest BCUT2D eigenvalue weighted by Gasteiger charge is 2.35. The topological polar surface area (TPSA) is 147 Å². The van der Waals surface area contributed by atoms with E-state index in [1.165, 1.54) is 13.8 Å². The second-order valence-electron chi connectivity index (χ2n) is 4.43. The van der Waals surface area contributed by atoms with Crippen LogP contribution in [0.25, 0.3) is 0 Å². The van der Waals surface area contributed by atoms with E-state index >= 15 is 0 Å². The van der Waals surface area contributed by atoms with E-state index in [1.54, 1.807) is 0 Å². The second kappa shape index (κ2) is 6.75. The van der Waals surface area contributed by atoms with Crippen LogP contribution in [-0.2, 0) is 14.2 Å². The van der Waals surface area contributed by atoms with E-state index in [1.807, 2.05) is 5.32 Å². The molecule has 18 heavy (non-hydrogen) atoms. The van der Waals surface area contributed by atoms with Gasteiger partial charge in [-0.2, -0.15) is 0 Å². The van der Waals surface area contributed by atoms with Gasteiger partial charge in [-0.15, -0.1) is 0 Å². The number of aliphatic carboxylic acids is 1. The van der Waals surface area contributed by atoms with E-state index in [0.717, 1.165) is 0 Å². The van der Waals surface area contributed by atoms with Gasteiger partial charge >= 0.3 is 14.0 Å². The average Bonchev–Trinajstić information content (AvgIpc) is 2.26. The molecule has 0 saturated heterocycles. The zero-order valence-electron chi connectivity index (χ0n) is 9.99. The number of hydrogen-bond donors (Lipinski definition) is 4. The van der Waals surface area contributed by atoms with Gasteiger partial charge in [0.05, 0.1) is 13.2 Å². The van der Waals surface area contributed by atoms with Crippen molar-refractivity contribution in [3.05, 3.63) is 0 Å². The number of nitrogens with one attached hydrogen (secondary N) is 1. The molecule has 0 saturated carbocycles. The van der Waals surface area contributed by atoms with Crippen molar-refractivity contribution in [2.45, 2.75) is 25.6 Å². The molecular formula is C9H16NO7P. The molecule has 0 aliphatic heterocycles. The fourth-order valence-electron chi connectivity index (χ4n) is 0.987. The molecule has 0 aromatic carbocycles. The molecule has 2 unspecified atom stereocenters. The summed E-state index contributed by atoms with van der Waals surface area (Å²) in [5.74, 6) is -2.51. The molecule has 0 aliphatic rings. The lowest BCUT2D eigenvalue weighted by molar-refractivity contribution is -0.168. The lowest BCUT2D eigenvalue weighted by Crippen LogP contribution is -2.48. The minimum Gasteiger partial charge on any atom is -0.595 e. The van der Waals surface area contributed by atoms with Crippen LogP contribution in [0, 0.1) is 5.41 Å². The molecular weight excluding hydrogens is 265 g/mol. The summed E-state index contributed by atoms with van der Waals surface area (Å²) in [5, 5.41) is 29.1. The van der Waals surface area contributed by atoms with Crippen molar-refractivity contribution in [1.82, 2.24) is 5.32 Å². The van der Waals surface area contributed by atoms with E-state index in [2.05, 4.69) is 0 Å². The van der Waals surface area contributed by atoms with Crippen molar-refractivity contribution in [2.24, 2.45) is 5.41 Å². The molecule has 1 amide bonds. The molecule has 0 fully saturated rings.